The Hall–Kier alpha value is -1.37. The minimum Gasteiger partial charge on any atom is -0.487 e. The maximum atomic E-state index is 12.7. The van der Waals surface area contributed by atoms with E-state index in [9.17, 15) is 8.42 Å². The summed E-state index contributed by atoms with van der Waals surface area (Å²) in [7, 11) is -1.52. The molecule has 3 rings (SSSR count). The third-order valence-corrected chi connectivity index (χ3v) is 5.93. The molecule has 1 aromatic carbocycles. The molecule has 6 heteroatoms. The van der Waals surface area contributed by atoms with Crippen molar-refractivity contribution in [2.75, 3.05) is 33.3 Å². The molecule has 114 valence electrons. The molecule has 5 nitrogen and oxygen atoms in total. The lowest BCUT2D eigenvalue weighted by molar-refractivity contribution is 0.350. The number of ether oxygens (including phenoxy) is 1. The van der Waals surface area contributed by atoms with Crippen LogP contribution in [0.1, 0.15) is 12.0 Å². The summed E-state index contributed by atoms with van der Waals surface area (Å²) in [5, 5.41) is 3.11. The van der Waals surface area contributed by atoms with Gasteiger partial charge in [0.05, 0.1) is 4.91 Å². The van der Waals surface area contributed by atoms with Gasteiger partial charge in [-0.2, -0.15) is 4.31 Å². The summed E-state index contributed by atoms with van der Waals surface area (Å²) in [6.45, 7) is 2.15. The normalized spacial score (nSPS) is 22.5. The largest absolute Gasteiger partial charge is 0.487 e. The molecule has 1 atom stereocenters. The number of sulfonamides is 1. The maximum absolute atomic E-state index is 12.7. The lowest BCUT2D eigenvalue weighted by atomic mass is 10.1. The fourth-order valence-electron chi connectivity index (χ4n) is 2.88. The molecule has 1 fully saturated rings. The van der Waals surface area contributed by atoms with Crippen molar-refractivity contribution in [2.45, 2.75) is 6.42 Å². The van der Waals surface area contributed by atoms with Crippen LogP contribution in [-0.4, -0.2) is 46.0 Å². The van der Waals surface area contributed by atoms with Crippen molar-refractivity contribution in [3.63, 3.8) is 0 Å². The number of nitrogens with one attached hydrogen (secondary N) is 1. The van der Waals surface area contributed by atoms with E-state index in [4.69, 9.17) is 4.74 Å². The van der Waals surface area contributed by atoms with E-state index in [1.165, 1.54) is 0 Å². The minimum absolute atomic E-state index is 0.118. The van der Waals surface area contributed by atoms with Crippen molar-refractivity contribution < 1.29 is 13.2 Å². The highest BCUT2D eigenvalue weighted by atomic mass is 32.2. The topological polar surface area (TPSA) is 58.6 Å². The number of benzene rings is 1. The Morgan fingerprint density at radius 2 is 2.19 bits per heavy atom. The molecule has 1 N–H and O–H groups in total. The molecule has 1 saturated heterocycles. The second kappa shape index (κ2) is 5.79. The van der Waals surface area contributed by atoms with E-state index < -0.39 is 10.0 Å². The molecule has 0 bridgehead atoms. The Bertz CT molecular complexity index is 655. The van der Waals surface area contributed by atoms with Crippen molar-refractivity contribution in [1.29, 1.82) is 0 Å². The van der Waals surface area contributed by atoms with Crippen molar-refractivity contribution in [1.82, 2.24) is 9.62 Å². The van der Waals surface area contributed by atoms with Gasteiger partial charge in [0.15, 0.2) is 0 Å². The highest BCUT2D eigenvalue weighted by Gasteiger charge is 2.34. The first-order chi connectivity index (χ1) is 10.1. The van der Waals surface area contributed by atoms with Gasteiger partial charge >= 0.3 is 0 Å². The second-order valence-corrected chi connectivity index (χ2v) is 7.50. The van der Waals surface area contributed by atoms with Crippen LogP contribution in [0.3, 0.4) is 0 Å². The van der Waals surface area contributed by atoms with Gasteiger partial charge in [0.25, 0.3) is 0 Å². The Labute approximate surface area is 125 Å². The third kappa shape index (κ3) is 2.84. The monoisotopic (exact) mass is 308 g/mol. The fourth-order valence-corrected chi connectivity index (χ4v) is 4.45. The molecule has 2 heterocycles. The summed E-state index contributed by atoms with van der Waals surface area (Å²) < 4.78 is 32.6. The molecular formula is C15H20N2O3S. The second-order valence-electron chi connectivity index (χ2n) is 5.51. The summed E-state index contributed by atoms with van der Waals surface area (Å²) in [5.74, 6) is 1.13. The zero-order valence-corrected chi connectivity index (χ0v) is 12.9. The van der Waals surface area contributed by atoms with Gasteiger partial charge in [-0.15, -0.1) is 0 Å². The Morgan fingerprint density at radius 1 is 1.38 bits per heavy atom. The van der Waals surface area contributed by atoms with Crippen molar-refractivity contribution in [3.8, 4) is 5.75 Å². The van der Waals surface area contributed by atoms with Crippen LogP contribution in [0.25, 0.3) is 6.08 Å². The van der Waals surface area contributed by atoms with E-state index in [-0.39, 0.29) is 6.61 Å². The molecule has 1 aromatic rings. The molecule has 2 aliphatic heterocycles. The van der Waals surface area contributed by atoms with Crippen LogP contribution in [-0.2, 0) is 10.0 Å². The molecule has 21 heavy (non-hydrogen) atoms. The average Bonchev–Trinajstić information content (AvgIpc) is 2.96. The SMILES string of the molecule is CNC[C@H]1CCN(S(=O)(=O)C2=Cc3ccccc3OC2)C1. The fraction of sp³-hybridized carbons (Fsp3) is 0.467. The van der Waals surface area contributed by atoms with Gasteiger partial charge < -0.3 is 10.1 Å². The van der Waals surface area contributed by atoms with Gasteiger partial charge in [-0.05, 0) is 38.1 Å². The van der Waals surface area contributed by atoms with Crippen LogP contribution in [0.2, 0.25) is 0 Å². The molecule has 0 unspecified atom stereocenters. The molecule has 0 aliphatic carbocycles. The van der Waals surface area contributed by atoms with Crippen LogP contribution in [0.5, 0.6) is 5.75 Å². The minimum atomic E-state index is -3.41. The van der Waals surface area contributed by atoms with Gasteiger partial charge in [0.1, 0.15) is 12.4 Å². The molecule has 0 spiro atoms. The number of para-hydroxylation sites is 1. The van der Waals surface area contributed by atoms with E-state index in [1.54, 1.807) is 10.4 Å². The van der Waals surface area contributed by atoms with Gasteiger partial charge in [-0.25, -0.2) is 8.42 Å². The number of hydrogen-bond donors (Lipinski definition) is 1. The zero-order valence-electron chi connectivity index (χ0n) is 12.1. The average molecular weight is 308 g/mol. The smallest absolute Gasteiger partial charge is 0.242 e. The number of nitrogens with zero attached hydrogens (tertiary/aromatic N) is 1. The van der Waals surface area contributed by atoms with E-state index in [0.717, 1.165) is 24.3 Å². The lowest BCUT2D eigenvalue weighted by Crippen LogP contribution is -2.33. The first kappa shape index (κ1) is 14.6. The quantitative estimate of drug-likeness (QED) is 0.910. The predicted molar refractivity (Wildman–Crippen MR) is 82.4 cm³/mol. The van der Waals surface area contributed by atoms with Crippen molar-refractivity contribution in [3.05, 3.63) is 34.7 Å². The Balaban J connectivity index is 1.82. The summed E-state index contributed by atoms with van der Waals surface area (Å²) in [6, 6.07) is 7.49. The Kier molecular flexibility index (Phi) is 4.01. The molecule has 0 amide bonds. The van der Waals surface area contributed by atoms with Crippen LogP contribution in [0, 0.1) is 5.92 Å². The van der Waals surface area contributed by atoms with Gasteiger partial charge in [0, 0.05) is 18.7 Å². The first-order valence-corrected chi connectivity index (χ1v) is 8.62. The van der Waals surface area contributed by atoms with E-state index >= 15 is 0 Å². The van der Waals surface area contributed by atoms with E-state index in [0.29, 0.717) is 23.9 Å². The van der Waals surface area contributed by atoms with Crippen molar-refractivity contribution >= 4 is 16.1 Å². The van der Waals surface area contributed by atoms with Gasteiger partial charge in [-0.1, -0.05) is 18.2 Å². The summed E-state index contributed by atoms with van der Waals surface area (Å²) in [5.41, 5.74) is 0.827. The number of hydrogen-bond acceptors (Lipinski definition) is 4. The number of fused-ring (bicyclic) bond motifs is 1. The summed E-state index contributed by atoms with van der Waals surface area (Å²) in [6.07, 6.45) is 2.64. The Morgan fingerprint density at radius 3 is 3.00 bits per heavy atom. The van der Waals surface area contributed by atoms with E-state index in [1.807, 2.05) is 31.3 Å². The van der Waals surface area contributed by atoms with Crippen LogP contribution < -0.4 is 10.1 Å². The van der Waals surface area contributed by atoms with Crippen LogP contribution >= 0.6 is 0 Å². The zero-order chi connectivity index (χ0) is 14.9. The maximum Gasteiger partial charge on any atom is 0.242 e. The summed E-state index contributed by atoms with van der Waals surface area (Å²) >= 11 is 0. The standard InChI is InChI=1S/C15H20N2O3S/c1-16-9-12-6-7-17(10-12)21(18,19)14-8-13-4-2-3-5-15(13)20-11-14/h2-5,8,12,16H,6-7,9-11H2,1H3/t12-/m1/s1. The van der Waals surface area contributed by atoms with Crippen LogP contribution in [0.15, 0.2) is 29.2 Å². The van der Waals surface area contributed by atoms with Gasteiger partial charge in [0.2, 0.25) is 10.0 Å². The van der Waals surface area contributed by atoms with E-state index in [2.05, 4.69) is 5.32 Å². The first-order valence-electron chi connectivity index (χ1n) is 7.18. The predicted octanol–water partition coefficient (Wildman–Crippen LogP) is 1.29. The molecular weight excluding hydrogens is 288 g/mol. The van der Waals surface area contributed by atoms with Gasteiger partial charge in [-0.3, -0.25) is 0 Å². The molecule has 0 saturated carbocycles. The van der Waals surface area contributed by atoms with Crippen molar-refractivity contribution in [2.24, 2.45) is 5.92 Å². The number of rotatable bonds is 4. The highest BCUT2D eigenvalue weighted by Crippen LogP contribution is 2.31. The lowest BCUT2D eigenvalue weighted by Gasteiger charge is -2.22. The molecule has 0 radical (unpaired) electrons. The molecule has 2 aliphatic rings. The highest BCUT2D eigenvalue weighted by molar-refractivity contribution is 7.93. The summed E-state index contributed by atoms with van der Waals surface area (Å²) in [4.78, 5) is 0.353. The third-order valence-electron chi connectivity index (χ3n) is 4.02. The van der Waals surface area contributed by atoms with Crippen LogP contribution in [0.4, 0.5) is 0 Å². The molecule has 0 aromatic heterocycles.